The molecule has 1 aromatic carbocycles. The van der Waals surface area contributed by atoms with Crippen molar-refractivity contribution in [3.05, 3.63) is 30.3 Å². The summed E-state index contributed by atoms with van der Waals surface area (Å²) in [6.45, 7) is 6.02. The average molecular weight is 529 g/mol. The van der Waals surface area contributed by atoms with Gasteiger partial charge in [0.2, 0.25) is 0 Å². The fraction of sp³-hybridized carbons (Fsp3) is 0.800. The molecule has 0 amide bonds. The Labute approximate surface area is 219 Å². The van der Waals surface area contributed by atoms with Gasteiger partial charge < -0.3 is 0 Å². The van der Waals surface area contributed by atoms with Crippen LogP contribution >= 0.6 is 6.83 Å². The normalized spacial score (nSPS) is 13.5. The van der Waals surface area contributed by atoms with Crippen LogP contribution in [0.25, 0.3) is 0 Å². The summed E-state index contributed by atoms with van der Waals surface area (Å²) in [6.07, 6.45) is 22.8. The van der Waals surface area contributed by atoms with Crippen LogP contribution in [-0.2, 0) is 14.1 Å². The Morgan fingerprint density at radius 1 is 0.543 bits per heavy atom. The Morgan fingerprint density at radius 2 is 0.886 bits per heavy atom. The van der Waals surface area contributed by atoms with Crippen molar-refractivity contribution in [2.24, 2.45) is 0 Å². The van der Waals surface area contributed by atoms with Crippen molar-refractivity contribution < 1.29 is 12.4 Å². The molecule has 0 bridgehead atoms. The summed E-state index contributed by atoms with van der Waals surface area (Å²) in [4.78, 5) is 0.332. The maximum absolute atomic E-state index is 13.8. The summed E-state index contributed by atoms with van der Waals surface area (Å²) in [5.74, 6) is 0. The van der Waals surface area contributed by atoms with Gasteiger partial charge in [0.05, 0.1) is 0 Å². The molecule has 0 saturated carbocycles. The van der Waals surface area contributed by atoms with E-state index < -0.39 is 16.9 Å². The van der Waals surface area contributed by atoms with Gasteiger partial charge in [-0.25, -0.2) is 0 Å². The van der Waals surface area contributed by atoms with E-state index in [0.717, 1.165) is 50.3 Å². The molecule has 206 valence electrons. The summed E-state index contributed by atoms with van der Waals surface area (Å²) < 4.78 is 34.5. The molecule has 0 aliphatic heterocycles. The zero-order chi connectivity index (χ0) is 25.9. The Balaban J connectivity index is 3.44. The minimum atomic E-state index is -3.79. The van der Waals surface area contributed by atoms with E-state index >= 15 is 0 Å². The molecule has 0 aliphatic carbocycles. The van der Waals surface area contributed by atoms with Crippen LogP contribution in [0, 0.1) is 0 Å². The van der Waals surface area contributed by atoms with Gasteiger partial charge in [-0.3, -0.25) is 0 Å². The van der Waals surface area contributed by atoms with E-state index in [0.29, 0.717) is 4.90 Å². The summed E-state index contributed by atoms with van der Waals surface area (Å²) in [6, 6.07) is 8.93. The van der Waals surface area contributed by atoms with Gasteiger partial charge in [-0.2, -0.15) is 0 Å². The van der Waals surface area contributed by atoms with E-state index in [4.69, 9.17) is 3.97 Å². The van der Waals surface area contributed by atoms with Gasteiger partial charge >= 0.3 is 220 Å². The SMILES string of the molecule is CCCCCCP(CCCCCC)(CCCCCC)(CCCCCC)OS(=O)(=O)c1ccccc1. The van der Waals surface area contributed by atoms with Gasteiger partial charge in [-0.1, -0.05) is 0 Å². The number of benzene rings is 1. The molecule has 1 aromatic rings. The molecule has 0 saturated heterocycles. The minimum absolute atomic E-state index is 0.332. The van der Waals surface area contributed by atoms with Crippen LogP contribution in [-0.4, -0.2) is 33.1 Å². The molecule has 1 rings (SSSR count). The second kappa shape index (κ2) is 17.9. The number of hydrogen-bond donors (Lipinski definition) is 0. The molecule has 0 N–H and O–H groups in total. The van der Waals surface area contributed by atoms with E-state index in [1.54, 1.807) is 12.1 Å². The van der Waals surface area contributed by atoms with Crippen LogP contribution in [0.2, 0.25) is 0 Å². The molecule has 35 heavy (non-hydrogen) atoms. The fourth-order valence-electron chi connectivity index (χ4n) is 5.48. The molecule has 0 radical (unpaired) electrons. The Hall–Kier alpha value is -0.440. The summed E-state index contributed by atoms with van der Waals surface area (Å²) in [5, 5.41) is 0. The quantitative estimate of drug-likeness (QED) is 0.105. The molecular formula is C30H57O3PS. The van der Waals surface area contributed by atoms with Gasteiger partial charge in [0.25, 0.3) is 0 Å². The first-order valence-corrected chi connectivity index (χ1v) is 19.2. The standard InChI is InChI=1S/C30H57O3PS/c1-5-9-13-20-26-34(27-21-14-10-6-2,28-22-15-11-7-3,29-23-16-12-8-4)33-35(31,32)30-24-18-17-19-25-30/h17-19,24-25H,5-16,20-23,26-29H2,1-4H3. The van der Waals surface area contributed by atoms with E-state index in [-0.39, 0.29) is 0 Å². The second-order valence-corrected chi connectivity index (χ2v) is 18.3. The van der Waals surface area contributed by atoms with Crippen molar-refractivity contribution >= 4 is 16.9 Å². The Morgan fingerprint density at radius 3 is 1.20 bits per heavy atom. The molecule has 0 heterocycles. The third-order valence-electron chi connectivity index (χ3n) is 7.65. The molecule has 5 heteroatoms. The summed E-state index contributed by atoms with van der Waals surface area (Å²) in [7, 11) is -3.79. The van der Waals surface area contributed by atoms with Crippen LogP contribution < -0.4 is 0 Å². The van der Waals surface area contributed by atoms with Crippen molar-refractivity contribution in [1.29, 1.82) is 0 Å². The molecule has 0 atom stereocenters. The fourth-order valence-corrected chi connectivity index (χ4v) is 15.2. The second-order valence-electron chi connectivity index (χ2n) is 10.8. The number of hydrogen-bond acceptors (Lipinski definition) is 3. The Bertz CT molecular complexity index is 689. The van der Waals surface area contributed by atoms with Crippen LogP contribution in [0.4, 0.5) is 0 Å². The van der Waals surface area contributed by atoms with Crippen LogP contribution in [0.3, 0.4) is 0 Å². The third kappa shape index (κ3) is 12.1. The van der Waals surface area contributed by atoms with Gasteiger partial charge in [-0.05, 0) is 0 Å². The zero-order valence-electron chi connectivity index (χ0n) is 23.6. The van der Waals surface area contributed by atoms with Gasteiger partial charge in [0, 0.05) is 0 Å². The first-order valence-electron chi connectivity index (χ1n) is 14.9. The monoisotopic (exact) mass is 528 g/mol. The van der Waals surface area contributed by atoms with Gasteiger partial charge in [0.15, 0.2) is 0 Å². The molecule has 3 nitrogen and oxygen atoms in total. The predicted octanol–water partition coefficient (Wildman–Crippen LogP) is 10.2. The predicted molar refractivity (Wildman–Crippen MR) is 158 cm³/mol. The van der Waals surface area contributed by atoms with Gasteiger partial charge in [0.1, 0.15) is 0 Å². The van der Waals surface area contributed by atoms with Gasteiger partial charge in [-0.15, -0.1) is 0 Å². The number of rotatable bonds is 23. The topological polar surface area (TPSA) is 43.4 Å². The van der Waals surface area contributed by atoms with Crippen LogP contribution in [0.5, 0.6) is 0 Å². The van der Waals surface area contributed by atoms with E-state index in [9.17, 15) is 8.42 Å². The summed E-state index contributed by atoms with van der Waals surface area (Å²) >= 11 is 0. The van der Waals surface area contributed by atoms with Crippen molar-refractivity contribution in [3.8, 4) is 0 Å². The van der Waals surface area contributed by atoms with E-state index in [1.165, 1.54) is 77.0 Å². The molecule has 0 unspecified atom stereocenters. The first-order chi connectivity index (χ1) is 16.9. The molecule has 0 aliphatic rings. The van der Waals surface area contributed by atoms with Crippen LogP contribution in [0.15, 0.2) is 35.2 Å². The van der Waals surface area contributed by atoms with Crippen molar-refractivity contribution in [2.45, 2.75) is 135 Å². The van der Waals surface area contributed by atoms with E-state index in [1.807, 2.05) is 18.2 Å². The first kappa shape index (κ1) is 32.6. The molecular weight excluding hydrogens is 471 g/mol. The van der Waals surface area contributed by atoms with Crippen LogP contribution in [0.1, 0.15) is 130 Å². The number of unbranched alkanes of at least 4 members (excludes halogenated alkanes) is 12. The Kier molecular flexibility index (Phi) is 16.7. The van der Waals surface area contributed by atoms with E-state index in [2.05, 4.69) is 27.7 Å². The third-order valence-corrected chi connectivity index (χ3v) is 16.8. The van der Waals surface area contributed by atoms with Crippen molar-refractivity contribution in [2.75, 3.05) is 24.6 Å². The zero-order valence-corrected chi connectivity index (χ0v) is 25.3. The molecule has 0 fully saturated rings. The van der Waals surface area contributed by atoms with Crippen molar-refractivity contribution in [1.82, 2.24) is 0 Å². The van der Waals surface area contributed by atoms with Crippen molar-refractivity contribution in [3.63, 3.8) is 0 Å². The maximum atomic E-state index is 13.8. The molecule has 0 aromatic heterocycles. The average Bonchev–Trinajstić information content (AvgIpc) is 2.86. The molecule has 0 spiro atoms. The summed E-state index contributed by atoms with van der Waals surface area (Å²) in [5.41, 5.74) is 0.